The van der Waals surface area contributed by atoms with Gasteiger partial charge in [-0.1, -0.05) is 37.6 Å². The molecule has 0 aromatic heterocycles. The summed E-state index contributed by atoms with van der Waals surface area (Å²) in [6.45, 7) is 3.55. The fourth-order valence-corrected chi connectivity index (χ4v) is 2.14. The van der Waals surface area contributed by atoms with Crippen LogP contribution in [0.4, 0.5) is 5.69 Å². The number of hydrogen-bond acceptors (Lipinski definition) is 4. The van der Waals surface area contributed by atoms with Crippen molar-refractivity contribution < 1.29 is 19.1 Å². The van der Waals surface area contributed by atoms with E-state index in [0.29, 0.717) is 22.4 Å². The zero-order valence-corrected chi connectivity index (χ0v) is 14.9. The maximum Gasteiger partial charge on any atom is 0.344 e. The van der Waals surface area contributed by atoms with Gasteiger partial charge < -0.3 is 14.8 Å². The van der Waals surface area contributed by atoms with Crippen LogP contribution in [-0.2, 0) is 14.3 Å². The number of carbonyl (C=O) groups is 2. The van der Waals surface area contributed by atoms with Crippen molar-refractivity contribution >= 4 is 29.2 Å². The van der Waals surface area contributed by atoms with E-state index in [4.69, 9.17) is 21.1 Å². The van der Waals surface area contributed by atoms with E-state index in [1.165, 1.54) is 5.56 Å². The summed E-state index contributed by atoms with van der Waals surface area (Å²) in [4.78, 5) is 23.4. The van der Waals surface area contributed by atoms with Gasteiger partial charge in [0.1, 0.15) is 5.75 Å². The second-order valence-corrected chi connectivity index (χ2v) is 6.16. The fraction of sp³-hybridized carbons (Fsp3) is 0.263. The van der Waals surface area contributed by atoms with Crippen molar-refractivity contribution in [3.05, 3.63) is 59.1 Å². The molecule has 132 valence electrons. The van der Waals surface area contributed by atoms with E-state index in [1.54, 1.807) is 24.3 Å². The second-order valence-electron chi connectivity index (χ2n) is 5.73. The second kappa shape index (κ2) is 9.08. The molecule has 0 bridgehead atoms. The van der Waals surface area contributed by atoms with E-state index < -0.39 is 11.9 Å². The third-order valence-electron chi connectivity index (χ3n) is 3.40. The van der Waals surface area contributed by atoms with E-state index in [2.05, 4.69) is 19.2 Å². The zero-order chi connectivity index (χ0) is 18.2. The van der Waals surface area contributed by atoms with Crippen molar-refractivity contribution in [2.24, 2.45) is 0 Å². The van der Waals surface area contributed by atoms with Gasteiger partial charge in [0.15, 0.2) is 13.2 Å². The maximum atomic E-state index is 11.8. The molecule has 0 saturated carbocycles. The summed E-state index contributed by atoms with van der Waals surface area (Å²) in [5.74, 6) is -0.111. The number of anilines is 1. The summed E-state index contributed by atoms with van der Waals surface area (Å²) in [5.41, 5.74) is 1.84. The lowest BCUT2D eigenvalue weighted by Gasteiger charge is -2.09. The minimum atomic E-state index is -0.625. The third-order valence-corrected chi connectivity index (χ3v) is 3.65. The van der Waals surface area contributed by atoms with Crippen LogP contribution in [0.1, 0.15) is 25.3 Å². The van der Waals surface area contributed by atoms with Crippen LogP contribution >= 0.6 is 11.6 Å². The Morgan fingerprint density at radius 1 is 1.00 bits per heavy atom. The third kappa shape index (κ3) is 6.47. The molecule has 2 aromatic rings. The average Bonchev–Trinajstić information content (AvgIpc) is 2.60. The minimum absolute atomic E-state index is 0.280. The van der Waals surface area contributed by atoms with Gasteiger partial charge >= 0.3 is 5.97 Å². The molecule has 1 amide bonds. The number of hydrogen-bond donors (Lipinski definition) is 1. The van der Waals surface area contributed by atoms with Gasteiger partial charge in [-0.15, -0.1) is 0 Å². The molecule has 0 heterocycles. The summed E-state index contributed by atoms with van der Waals surface area (Å²) in [5, 5.41) is 3.25. The van der Waals surface area contributed by atoms with E-state index in [-0.39, 0.29) is 13.2 Å². The number of esters is 1. The first-order valence-electron chi connectivity index (χ1n) is 7.88. The molecule has 0 aliphatic heterocycles. The number of ether oxygens (including phenoxy) is 2. The van der Waals surface area contributed by atoms with Gasteiger partial charge in [0, 0.05) is 10.7 Å². The standard InChI is InChI=1S/C19H20ClNO4/c1-13(2)14-3-7-16(8-4-14)21-18(22)11-25-19(23)12-24-17-9-5-15(20)6-10-17/h3-10,13H,11-12H2,1-2H3,(H,21,22). The Balaban J connectivity index is 1.71. The topological polar surface area (TPSA) is 64.6 Å². The van der Waals surface area contributed by atoms with E-state index in [0.717, 1.165) is 0 Å². The first-order chi connectivity index (χ1) is 11.9. The normalized spacial score (nSPS) is 10.4. The number of halogens is 1. The van der Waals surface area contributed by atoms with Crippen LogP contribution in [0.2, 0.25) is 5.02 Å². The van der Waals surface area contributed by atoms with Crippen LogP contribution in [0, 0.1) is 0 Å². The van der Waals surface area contributed by atoms with Crippen molar-refractivity contribution in [2.45, 2.75) is 19.8 Å². The van der Waals surface area contributed by atoms with Gasteiger partial charge in [0.25, 0.3) is 5.91 Å². The van der Waals surface area contributed by atoms with Crippen molar-refractivity contribution in [1.29, 1.82) is 0 Å². The van der Waals surface area contributed by atoms with Crippen molar-refractivity contribution in [3.63, 3.8) is 0 Å². The summed E-state index contributed by atoms with van der Waals surface area (Å²) in [7, 11) is 0. The van der Waals surface area contributed by atoms with Crippen molar-refractivity contribution in [2.75, 3.05) is 18.5 Å². The molecule has 0 fully saturated rings. The lowest BCUT2D eigenvalue weighted by molar-refractivity contribution is -0.149. The van der Waals surface area contributed by atoms with Gasteiger partial charge in [-0.3, -0.25) is 4.79 Å². The molecule has 2 aromatic carbocycles. The minimum Gasteiger partial charge on any atom is -0.482 e. The van der Waals surface area contributed by atoms with Gasteiger partial charge in [0.2, 0.25) is 0 Å². The molecule has 0 unspecified atom stereocenters. The Kier molecular flexibility index (Phi) is 6.83. The molecule has 1 N–H and O–H groups in total. The molecule has 0 saturated heterocycles. The first kappa shape index (κ1) is 18.8. The smallest absolute Gasteiger partial charge is 0.344 e. The molecule has 5 nitrogen and oxygen atoms in total. The maximum absolute atomic E-state index is 11.8. The Hall–Kier alpha value is -2.53. The van der Waals surface area contributed by atoms with Gasteiger partial charge in [-0.2, -0.15) is 0 Å². The van der Waals surface area contributed by atoms with Crippen molar-refractivity contribution in [3.8, 4) is 5.75 Å². The van der Waals surface area contributed by atoms with Crippen LogP contribution in [0.5, 0.6) is 5.75 Å². The highest BCUT2D eigenvalue weighted by molar-refractivity contribution is 6.30. The average molecular weight is 362 g/mol. The lowest BCUT2D eigenvalue weighted by atomic mass is 10.0. The predicted octanol–water partition coefficient (Wildman–Crippen LogP) is 4.02. The zero-order valence-electron chi connectivity index (χ0n) is 14.1. The Morgan fingerprint density at radius 3 is 2.24 bits per heavy atom. The largest absolute Gasteiger partial charge is 0.482 e. The van der Waals surface area contributed by atoms with Crippen LogP contribution in [0.3, 0.4) is 0 Å². The molecule has 0 aliphatic carbocycles. The molecule has 2 rings (SSSR count). The van der Waals surface area contributed by atoms with E-state index >= 15 is 0 Å². The summed E-state index contributed by atoms with van der Waals surface area (Å²) >= 11 is 5.76. The molecular weight excluding hydrogens is 342 g/mol. The predicted molar refractivity (Wildman–Crippen MR) is 97.1 cm³/mol. The molecular formula is C19H20ClNO4. The van der Waals surface area contributed by atoms with Crippen LogP contribution < -0.4 is 10.1 Å². The highest BCUT2D eigenvalue weighted by atomic mass is 35.5. The summed E-state index contributed by atoms with van der Waals surface area (Å²) in [6, 6.07) is 14.1. The molecule has 6 heteroatoms. The number of nitrogens with one attached hydrogen (secondary N) is 1. The highest BCUT2D eigenvalue weighted by Crippen LogP contribution is 2.17. The SMILES string of the molecule is CC(C)c1ccc(NC(=O)COC(=O)COc2ccc(Cl)cc2)cc1. The number of carbonyl (C=O) groups excluding carboxylic acids is 2. The van der Waals surface area contributed by atoms with Crippen LogP contribution in [-0.4, -0.2) is 25.1 Å². The van der Waals surface area contributed by atoms with Crippen LogP contribution in [0.15, 0.2) is 48.5 Å². The Labute approximate surface area is 151 Å². The Morgan fingerprint density at radius 2 is 1.64 bits per heavy atom. The number of amides is 1. The van der Waals surface area contributed by atoms with Crippen molar-refractivity contribution in [1.82, 2.24) is 0 Å². The fourth-order valence-electron chi connectivity index (χ4n) is 2.01. The monoisotopic (exact) mass is 361 g/mol. The van der Waals surface area contributed by atoms with E-state index in [1.807, 2.05) is 24.3 Å². The summed E-state index contributed by atoms with van der Waals surface area (Å²) < 4.78 is 10.1. The molecule has 0 aliphatic rings. The quantitative estimate of drug-likeness (QED) is 0.756. The lowest BCUT2D eigenvalue weighted by Crippen LogP contribution is -2.23. The first-order valence-corrected chi connectivity index (χ1v) is 8.25. The molecule has 0 radical (unpaired) electrons. The Bertz CT molecular complexity index is 711. The molecule has 0 atom stereocenters. The van der Waals surface area contributed by atoms with Gasteiger partial charge in [-0.05, 0) is 47.9 Å². The van der Waals surface area contributed by atoms with E-state index in [9.17, 15) is 9.59 Å². The molecule has 0 spiro atoms. The van der Waals surface area contributed by atoms with Gasteiger partial charge in [0.05, 0.1) is 0 Å². The van der Waals surface area contributed by atoms with Crippen LogP contribution in [0.25, 0.3) is 0 Å². The highest BCUT2D eigenvalue weighted by Gasteiger charge is 2.09. The summed E-state index contributed by atoms with van der Waals surface area (Å²) in [6.07, 6.45) is 0. The molecule has 25 heavy (non-hydrogen) atoms. The number of benzene rings is 2. The van der Waals surface area contributed by atoms with Gasteiger partial charge in [-0.25, -0.2) is 4.79 Å². The number of rotatable bonds is 7.